The number of halogens is 1. The molecule has 3 aromatic rings. The van der Waals surface area contributed by atoms with E-state index in [9.17, 15) is 9.90 Å². The fourth-order valence-corrected chi connectivity index (χ4v) is 10.3. The van der Waals surface area contributed by atoms with Gasteiger partial charge in [-0.05, 0) is 98.0 Å². The highest BCUT2D eigenvalue weighted by molar-refractivity contribution is 9.10. The number of thiophene rings is 1. The summed E-state index contributed by atoms with van der Waals surface area (Å²) in [5.41, 5.74) is 3.37. The first-order chi connectivity index (χ1) is 20.3. The summed E-state index contributed by atoms with van der Waals surface area (Å²) in [6, 6.07) is 17.0. The number of ether oxygens (including phenoxy) is 1. The molecule has 2 bridgehead atoms. The summed E-state index contributed by atoms with van der Waals surface area (Å²) in [7, 11) is 6.38. The van der Waals surface area contributed by atoms with Crippen LogP contribution in [0.2, 0.25) is 0 Å². The van der Waals surface area contributed by atoms with Gasteiger partial charge >= 0.3 is 0 Å². The molecule has 2 aliphatic heterocycles. The number of hydrogen-bond acceptors (Lipinski definition) is 6. The number of piperidine rings is 1. The van der Waals surface area contributed by atoms with Crippen molar-refractivity contribution < 1.29 is 14.6 Å². The van der Waals surface area contributed by atoms with Gasteiger partial charge < -0.3 is 19.6 Å². The van der Waals surface area contributed by atoms with E-state index in [1.54, 1.807) is 23.5 Å². The summed E-state index contributed by atoms with van der Waals surface area (Å²) >= 11 is 5.11. The maximum absolute atomic E-state index is 13.6. The highest BCUT2D eigenvalue weighted by atomic mass is 79.9. The van der Waals surface area contributed by atoms with E-state index < -0.39 is 0 Å². The van der Waals surface area contributed by atoms with E-state index in [1.807, 2.05) is 29.5 Å². The van der Waals surface area contributed by atoms with Gasteiger partial charge in [0.2, 0.25) is 5.91 Å². The van der Waals surface area contributed by atoms with E-state index in [2.05, 4.69) is 76.2 Å². The predicted octanol–water partition coefficient (Wildman–Crippen LogP) is 5.72. The molecule has 2 aromatic carbocycles. The molecule has 1 saturated carbocycles. The Bertz CT molecular complexity index is 1540. The van der Waals surface area contributed by atoms with Gasteiger partial charge in [0.1, 0.15) is 6.10 Å². The molecule has 2 aliphatic carbocycles. The molecule has 0 radical (unpaired) electrons. The SMILES string of the molecule is CN(C(=O)/C=C/c1cc(Br)cs1)[C@@H]1CC[C@@]2(N(C)C)[C@H]3Cc4ccc(O)c5c4[C@@]2(CCN3CCc2ccccc2)[C@H]1O5. The number of rotatable bonds is 7. The normalized spacial score (nSPS) is 29.5. The zero-order valence-corrected chi connectivity index (χ0v) is 26.8. The second-order valence-electron chi connectivity index (χ2n) is 12.6. The van der Waals surface area contributed by atoms with Gasteiger partial charge in [-0.2, -0.15) is 0 Å². The summed E-state index contributed by atoms with van der Waals surface area (Å²) in [6.45, 7) is 1.98. The highest BCUT2D eigenvalue weighted by Crippen LogP contribution is 2.67. The van der Waals surface area contributed by atoms with Crippen LogP contribution >= 0.6 is 27.3 Å². The number of phenolic OH excluding ortho intramolecular Hbond substituents is 1. The van der Waals surface area contributed by atoms with Crippen molar-refractivity contribution in [1.82, 2.24) is 14.7 Å². The molecule has 8 heteroatoms. The van der Waals surface area contributed by atoms with Gasteiger partial charge in [-0.1, -0.05) is 36.4 Å². The number of nitrogens with zero attached hydrogens (tertiary/aromatic N) is 3. The summed E-state index contributed by atoms with van der Waals surface area (Å²) < 4.78 is 7.90. The maximum atomic E-state index is 13.6. The lowest BCUT2D eigenvalue weighted by atomic mass is 9.46. The molecule has 7 rings (SSSR count). The minimum Gasteiger partial charge on any atom is -0.504 e. The summed E-state index contributed by atoms with van der Waals surface area (Å²) in [6.07, 6.45) is 8.05. The average Bonchev–Trinajstić information content (AvgIpc) is 3.57. The van der Waals surface area contributed by atoms with E-state index in [-0.39, 0.29) is 34.8 Å². The number of carbonyl (C=O) groups is 1. The Kier molecular flexibility index (Phi) is 7.04. The molecule has 42 heavy (non-hydrogen) atoms. The van der Waals surface area contributed by atoms with Crippen LogP contribution in [0.5, 0.6) is 11.5 Å². The van der Waals surface area contributed by atoms with Crippen LogP contribution in [-0.2, 0) is 23.1 Å². The van der Waals surface area contributed by atoms with E-state index in [4.69, 9.17) is 4.74 Å². The van der Waals surface area contributed by atoms with Crippen LogP contribution in [0.25, 0.3) is 6.08 Å². The lowest BCUT2D eigenvalue weighted by Crippen LogP contribution is -2.82. The highest BCUT2D eigenvalue weighted by Gasteiger charge is 2.74. The Hall–Kier alpha value is -2.65. The number of hydrogen-bond donors (Lipinski definition) is 1. The van der Waals surface area contributed by atoms with Gasteiger partial charge in [0.15, 0.2) is 11.5 Å². The third-order valence-corrected chi connectivity index (χ3v) is 12.4. The standard InChI is InChI=1S/C34H38BrN3O3S/c1-36(2)34-15-13-26(37(3)29(40)12-10-25-20-24(35)21-42-25)32-33(34)16-18-38(17-14-22-7-5-4-6-8-22)28(34)19-23-9-11-27(39)31(41-32)30(23)33/h4-12,20-21,26,28,32,39H,13-19H2,1-3H3/b12-10+/t26-,28-,32+,33+,34-/m1/s1. The number of phenols is 1. The molecule has 6 nitrogen and oxygen atoms in total. The Balaban J connectivity index is 1.27. The number of likely N-dealkylation sites (tertiary alicyclic amines) is 1. The van der Waals surface area contributed by atoms with Crippen molar-refractivity contribution >= 4 is 39.2 Å². The van der Waals surface area contributed by atoms with Gasteiger partial charge in [0, 0.05) is 51.5 Å². The number of likely N-dealkylation sites (N-methyl/N-ethyl adjacent to an activating group) is 2. The van der Waals surface area contributed by atoms with Gasteiger partial charge in [-0.25, -0.2) is 0 Å². The minimum atomic E-state index is -0.314. The lowest BCUT2D eigenvalue weighted by Gasteiger charge is -2.69. The molecule has 5 atom stereocenters. The molecule has 4 aliphatic rings. The van der Waals surface area contributed by atoms with Crippen LogP contribution < -0.4 is 4.74 Å². The molecule has 0 unspecified atom stereocenters. The fraction of sp³-hybridized carbons (Fsp3) is 0.441. The molecule has 1 amide bonds. The van der Waals surface area contributed by atoms with Crippen molar-refractivity contribution in [2.75, 3.05) is 34.2 Å². The van der Waals surface area contributed by atoms with E-state index in [1.165, 1.54) is 16.7 Å². The van der Waals surface area contributed by atoms with Gasteiger partial charge in [-0.15, -0.1) is 11.3 Å². The first-order valence-corrected chi connectivity index (χ1v) is 16.6. The van der Waals surface area contributed by atoms with Crippen LogP contribution in [0.4, 0.5) is 0 Å². The third-order valence-electron chi connectivity index (χ3n) is 10.7. The molecule has 1 spiro atoms. The van der Waals surface area contributed by atoms with Gasteiger partial charge in [-0.3, -0.25) is 9.69 Å². The van der Waals surface area contributed by atoms with Crippen molar-refractivity contribution in [3.8, 4) is 11.5 Å². The average molecular weight is 649 g/mol. The number of amides is 1. The number of aromatic hydroxyl groups is 1. The maximum Gasteiger partial charge on any atom is 0.246 e. The molecule has 2 fully saturated rings. The minimum absolute atomic E-state index is 0.0186. The van der Waals surface area contributed by atoms with E-state index in [0.717, 1.165) is 54.5 Å². The molecular weight excluding hydrogens is 610 g/mol. The van der Waals surface area contributed by atoms with E-state index in [0.29, 0.717) is 11.8 Å². The fourth-order valence-electron chi connectivity index (χ4n) is 8.96. The monoisotopic (exact) mass is 647 g/mol. The smallest absolute Gasteiger partial charge is 0.246 e. The van der Waals surface area contributed by atoms with Gasteiger partial charge in [0.05, 0.1) is 11.5 Å². The van der Waals surface area contributed by atoms with Crippen LogP contribution in [0.15, 0.2) is 64.5 Å². The second kappa shape index (κ2) is 10.5. The number of benzene rings is 2. The van der Waals surface area contributed by atoms with Crippen molar-refractivity contribution in [3.63, 3.8) is 0 Å². The molecule has 1 N–H and O–H groups in total. The lowest BCUT2D eigenvalue weighted by molar-refractivity contribution is -0.160. The van der Waals surface area contributed by atoms with Crippen molar-refractivity contribution in [1.29, 1.82) is 0 Å². The molecule has 1 saturated heterocycles. The first-order valence-electron chi connectivity index (χ1n) is 14.9. The zero-order valence-electron chi connectivity index (χ0n) is 24.4. The summed E-state index contributed by atoms with van der Waals surface area (Å²) in [4.78, 5) is 21.7. The van der Waals surface area contributed by atoms with Crippen LogP contribution in [0, 0.1) is 0 Å². The predicted molar refractivity (Wildman–Crippen MR) is 171 cm³/mol. The Morgan fingerprint density at radius 1 is 1.19 bits per heavy atom. The topological polar surface area (TPSA) is 56.2 Å². The second-order valence-corrected chi connectivity index (χ2v) is 14.4. The zero-order chi connectivity index (χ0) is 29.2. The van der Waals surface area contributed by atoms with Crippen molar-refractivity contribution in [2.45, 2.75) is 61.2 Å². The number of carbonyl (C=O) groups excluding carboxylic acids is 1. The van der Waals surface area contributed by atoms with Crippen molar-refractivity contribution in [2.24, 2.45) is 0 Å². The Morgan fingerprint density at radius 2 is 2.00 bits per heavy atom. The molecule has 220 valence electrons. The molecular formula is C34H38BrN3O3S. The van der Waals surface area contributed by atoms with Gasteiger partial charge in [0.25, 0.3) is 0 Å². The summed E-state index contributed by atoms with van der Waals surface area (Å²) in [5, 5.41) is 13.1. The summed E-state index contributed by atoms with van der Waals surface area (Å²) in [5.74, 6) is 0.840. The van der Waals surface area contributed by atoms with E-state index >= 15 is 0 Å². The Labute approximate surface area is 260 Å². The van der Waals surface area contributed by atoms with Crippen LogP contribution in [0.3, 0.4) is 0 Å². The Morgan fingerprint density at radius 3 is 2.74 bits per heavy atom. The van der Waals surface area contributed by atoms with Crippen LogP contribution in [0.1, 0.15) is 40.8 Å². The third kappa shape index (κ3) is 4.05. The van der Waals surface area contributed by atoms with Crippen molar-refractivity contribution in [3.05, 3.63) is 86.0 Å². The quantitative estimate of drug-likeness (QED) is 0.332. The van der Waals surface area contributed by atoms with Crippen LogP contribution in [-0.4, -0.2) is 83.7 Å². The molecule has 3 heterocycles. The largest absolute Gasteiger partial charge is 0.504 e. The first kappa shape index (κ1) is 28.1. The molecule has 1 aromatic heterocycles.